The molecule has 1 atom stereocenters. The molecule has 0 bridgehead atoms. The van der Waals surface area contributed by atoms with Crippen molar-refractivity contribution in [2.24, 2.45) is 0 Å². The molecule has 130 valence electrons. The van der Waals surface area contributed by atoms with Gasteiger partial charge in [-0.15, -0.1) is 0 Å². The lowest BCUT2D eigenvalue weighted by Crippen LogP contribution is -2.16. The summed E-state index contributed by atoms with van der Waals surface area (Å²) >= 11 is 0. The van der Waals surface area contributed by atoms with Gasteiger partial charge >= 0.3 is 5.97 Å². The second kappa shape index (κ2) is 6.87. The molecule has 2 heterocycles. The van der Waals surface area contributed by atoms with Crippen molar-refractivity contribution in [2.45, 2.75) is 43.9 Å². The van der Waals surface area contributed by atoms with Gasteiger partial charge in [0.1, 0.15) is 5.75 Å². The van der Waals surface area contributed by atoms with Crippen molar-refractivity contribution < 1.29 is 14.3 Å². The first-order valence-corrected chi connectivity index (χ1v) is 9.04. The van der Waals surface area contributed by atoms with Crippen molar-refractivity contribution >= 4 is 5.97 Å². The molecule has 1 unspecified atom stereocenters. The first kappa shape index (κ1) is 16.1. The summed E-state index contributed by atoms with van der Waals surface area (Å²) < 4.78 is 10.8. The fourth-order valence-electron chi connectivity index (χ4n) is 3.72. The molecule has 0 amide bonds. The standard InChI is InChI=1S/C21H23NO3/c1-24-21(23)19-8-10-22-13-17(19)5-4-15-9-11-25-20-12-16(14-2-3-14)6-7-18(15)20/h6-8,10,12-15H,2-5,9,11H2,1H3. The minimum atomic E-state index is -0.293. The summed E-state index contributed by atoms with van der Waals surface area (Å²) in [6.45, 7) is 0.767. The van der Waals surface area contributed by atoms with Crippen LogP contribution in [0.25, 0.3) is 0 Å². The summed E-state index contributed by atoms with van der Waals surface area (Å²) in [5.74, 6) is 1.97. The van der Waals surface area contributed by atoms with Gasteiger partial charge in [-0.2, -0.15) is 0 Å². The highest BCUT2D eigenvalue weighted by atomic mass is 16.5. The van der Waals surface area contributed by atoms with E-state index in [0.29, 0.717) is 11.5 Å². The Labute approximate surface area is 148 Å². The first-order valence-electron chi connectivity index (χ1n) is 9.04. The van der Waals surface area contributed by atoms with Crippen molar-refractivity contribution in [3.8, 4) is 5.75 Å². The maximum Gasteiger partial charge on any atom is 0.338 e. The zero-order valence-corrected chi connectivity index (χ0v) is 14.5. The predicted molar refractivity (Wildman–Crippen MR) is 95.2 cm³/mol. The number of esters is 1. The Bertz CT molecular complexity index is 782. The SMILES string of the molecule is COC(=O)c1ccncc1CCC1CCOc2cc(C3CC3)ccc21. The third-order valence-electron chi connectivity index (χ3n) is 5.32. The molecule has 4 nitrogen and oxygen atoms in total. The van der Waals surface area contributed by atoms with E-state index in [-0.39, 0.29) is 5.97 Å². The number of methoxy groups -OCH3 is 1. The van der Waals surface area contributed by atoms with E-state index in [2.05, 4.69) is 23.2 Å². The van der Waals surface area contributed by atoms with Crippen molar-refractivity contribution in [1.82, 2.24) is 4.98 Å². The van der Waals surface area contributed by atoms with Gasteiger partial charge in [0.15, 0.2) is 0 Å². The Morgan fingerprint density at radius 3 is 2.96 bits per heavy atom. The lowest BCUT2D eigenvalue weighted by atomic mass is 9.86. The molecule has 0 spiro atoms. The maximum absolute atomic E-state index is 11.9. The highest BCUT2D eigenvalue weighted by Gasteiger charge is 2.27. The Morgan fingerprint density at radius 1 is 1.28 bits per heavy atom. The number of ether oxygens (including phenoxy) is 2. The third kappa shape index (κ3) is 3.39. The molecule has 0 radical (unpaired) electrons. The van der Waals surface area contributed by atoms with Crippen LogP contribution >= 0.6 is 0 Å². The number of rotatable bonds is 5. The monoisotopic (exact) mass is 337 g/mol. The topological polar surface area (TPSA) is 48.4 Å². The van der Waals surface area contributed by atoms with E-state index in [1.807, 2.05) is 0 Å². The predicted octanol–water partition coefficient (Wildman–Crippen LogP) is 4.24. The third-order valence-corrected chi connectivity index (χ3v) is 5.32. The van der Waals surface area contributed by atoms with Crippen LogP contribution in [0.15, 0.2) is 36.7 Å². The second-order valence-corrected chi connectivity index (χ2v) is 6.97. The number of aromatic nitrogens is 1. The fourth-order valence-corrected chi connectivity index (χ4v) is 3.72. The lowest BCUT2D eigenvalue weighted by Gasteiger charge is -2.26. The van der Waals surface area contributed by atoms with E-state index < -0.39 is 0 Å². The van der Waals surface area contributed by atoms with Crippen molar-refractivity contribution in [1.29, 1.82) is 0 Å². The minimum absolute atomic E-state index is 0.293. The van der Waals surface area contributed by atoms with E-state index in [1.54, 1.807) is 18.5 Å². The summed E-state index contributed by atoms with van der Waals surface area (Å²) in [6, 6.07) is 8.49. The van der Waals surface area contributed by atoms with Crippen LogP contribution in [0.5, 0.6) is 5.75 Å². The molecule has 0 saturated heterocycles. The second-order valence-electron chi connectivity index (χ2n) is 6.97. The van der Waals surface area contributed by atoms with Gasteiger partial charge in [0.2, 0.25) is 0 Å². The average molecular weight is 337 g/mol. The number of benzene rings is 1. The molecule has 1 aliphatic carbocycles. The largest absolute Gasteiger partial charge is 0.493 e. The molecule has 1 aromatic carbocycles. The molecule has 4 rings (SSSR count). The molecule has 25 heavy (non-hydrogen) atoms. The van der Waals surface area contributed by atoms with Crippen molar-refractivity contribution in [3.63, 3.8) is 0 Å². The number of carbonyl (C=O) groups excluding carboxylic acids is 1. The van der Waals surface area contributed by atoms with Crippen LogP contribution in [-0.2, 0) is 11.2 Å². The van der Waals surface area contributed by atoms with Crippen molar-refractivity contribution in [2.75, 3.05) is 13.7 Å². The van der Waals surface area contributed by atoms with Gasteiger partial charge in [0.05, 0.1) is 19.3 Å². The molecule has 1 aromatic heterocycles. The quantitative estimate of drug-likeness (QED) is 0.766. The maximum atomic E-state index is 11.9. The van der Waals surface area contributed by atoms with Crippen LogP contribution in [0, 0.1) is 0 Å². The minimum Gasteiger partial charge on any atom is -0.493 e. The van der Waals surface area contributed by atoms with Gasteiger partial charge < -0.3 is 9.47 Å². The van der Waals surface area contributed by atoms with Crippen molar-refractivity contribution in [3.05, 3.63) is 58.9 Å². The van der Waals surface area contributed by atoms with Crippen LogP contribution in [0.3, 0.4) is 0 Å². The van der Waals surface area contributed by atoms with E-state index in [9.17, 15) is 4.79 Å². The number of fused-ring (bicyclic) bond motifs is 1. The van der Waals surface area contributed by atoms with E-state index in [4.69, 9.17) is 9.47 Å². The summed E-state index contributed by atoms with van der Waals surface area (Å²) in [6.07, 6.45) is 8.84. The molecule has 1 aliphatic heterocycles. The Kier molecular flexibility index (Phi) is 4.43. The molecule has 2 aliphatic rings. The number of carbonyl (C=O) groups is 1. The molecule has 1 fully saturated rings. The lowest BCUT2D eigenvalue weighted by molar-refractivity contribution is 0.0599. The first-order chi connectivity index (χ1) is 12.3. The van der Waals surface area contributed by atoms with Crippen LogP contribution in [-0.4, -0.2) is 24.7 Å². The highest BCUT2D eigenvalue weighted by molar-refractivity contribution is 5.90. The Hall–Kier alpha value is -2.36. The number of nitrogens with zero attached hydrogens (tertiary/aromatic N) is 1. The molecule has 1 saturated carbocycles. The number of aryl methyl sites for hydroxylation is 1. The summed E-state index contributed by atoms with van der Waals surface area (Å²) in [4.78, 5) is 16.1. The van der Waals surface area contributed by atoms with Gasteiger partial charge in [0, 0.05) is 12.4 Å². The summed E-state index contributed by atoms with van der Waals surface area (Å²) in [5.41, 5.74) is 4.30. The zero-order valence-electron chi connectivity index (χ0n) is 14.5. The molecule has 2 aromatic rings. The molecule has 4 heteroatoms. The van der Waals surface area contributed by atoms with Gasteiger partial charge in [-0.1, -0.05) is 12.1 Å². The summed E-state index contributed by atoms with van der Waals surface area (Å²) in [5, 5.41) is 0. The van der Waals surface area contributed by atoms with Gasteiger partial charge in [-0.25, -0.2) is 4.79 Å². The molecule has 0 N–H and O–H groups in total. The van der Waals surface area contributed by atoms with E-state index in [0.717, 1.165) is 43.1 Å². The van der Waals surface area contributed by atoms with Crippen LogP contribution in [0.4, 0.5) is 0 Å². The molecular weight excluding hydrogens is 314 g/mol. The van der Waals surface area contributed by atoms with Gasteiger partial charge in [-0.3, -0.25) is 4.98 Å². The van der Waals surface area contributed by atoms with E-state index >= 15 is 0 Å². The van der Waals surface area contributed by atoms with Gasteiger partial charge in [-0.05, 0) is 72.8 Å². The number of hydrogen-bond donors (Lipinski definition) is 0. The number of pyridine rings is 1. The number of hydrogen-bond acceptors (Lipinski definition) is 4. The normalized spacial score (nSPS) is 19.0. The fraction of sp³-hybridized carbons (Fsp3) is 0.429. The summed E-state index contributed by atoms with van der Waals surface area (Å²) in [7, 11) is 1.42. The average Bonchev–Trinajstić information content (AvgIpc) is 3.50. The van der Waals surface area contributed by atoms with Crippen LogP contribution in [0.2, 0.25) is 0 Å². The van der Waals surface area contributed by atoms with E-state index in [1.165, 1.54) is 31.1 Å². The highest BCUT2D eigenvalue weighted by Crippen LogP contribution is 2.44. The van der Waals surface area contributed by atoms with Crippen LogP contribution < -0.4 is 4.74 Å². The van der Waals surface area contributed by atoms with Crippen LogP contribution in [0.1, 0.15) is 64.6 Å². The van der Waals surface area contributed by atoms with Gasteiger partial charge in [0.25, 0.3) is 0 Å². The Balaban J connectivity index is 1.51. The Morgan fingerprint density at radius 2 is 2.16 bits per heavy atom. The smallest absolute Gasteiger partial charge is 0.338 e. The zero-order chi connectivity index (χ0) is 17.2. The molecular formula is C21H23NO3.